The lowest BCUT2D eigenvalue weighted by Crippen LogP contribution is -2.13. The van der Waals surface area contributed by atoms with Gasteiger partial charge in [0.25, 0.3) is 0 Å². The highest BCUT2D eigenvalue weighted by Gasteiger charge is 2.05. The molecule has 0 bridgehead atoms. The van der Waals surface area contributed by atoms with Crippen molar-refractivity contribution >= 4 is 0 Å². The summed E-state index contributed by atoms with van der Waals surface area (Å²) < 4.78 is 7.26. The van der Waals surface area contributed by atoms with E-state index in [1.807, 2.05) is 29.9 Å². The van der Waals surface area contributed by atoms with Crippen molar-refractivity contribution in [2.24, 2.45) is 0 Å². The molecule has 0 aliphatic rings. The van der Waals surface area contributed by atoms with E-state index in [0.29, 0.717) is 0 Å². The third-order valence-corrected chi connectivity index (χ3v) is 2.06. The van der Waals surface area contributed by atoms with Crippen LogP contribution in [0.5, 0.6) is 0 Å². The molecule has 2 rings (SSSR count). The minimum Gasteiger partial charge on any atom is -0.448 e. The van der Waals surface area contributed by atoms with Crippen LogP contribution in [0.2, 0.25) is 0 Å². The van der Waals surface area contributed by atoms with Crippen molar-refractivity contribution < 1.29 is 4.42 Å². The van der Waals surface area contributed by atoms with Crippen molar-refractivity contribution in [3.8, 4) is 5.88 Å². The van der Waals surface area contributed by atoms with Crippen LogP contribution in [-0.4, -0.2) is 23.1 Å². The third kappa shape index (κ3) is 1.70. The highest BCUT2D eigenvalue weighted by molar-refractivity contribution is 5.20. The lowest BCUT2D eigenvalue weighted by molar-refractivity contribution is 0.531. The zero-order valence-corrected chi connectivity index (χ0v) is 8.10. The molecule has 0 aromatic carbocycles. The first kappa shape index (κ1) is 9.02. The van der Waals surface area contributed by atoms with E-state index in [0.717, 1.165) is 24.7 Å². The van der Waals surface area contributed by atoms with Gasteiger partial charge in [0.1, 0.15) is 5.82 Å². The maximum absolute atomic E-state index is 5.30. The average Bonchev–Trinajstić information content (AvgIpc) is 2.84. The second kappa shape index (κ2) is 4.11. The van der Waals surface area contributed by atoms with Gasteiger partial charge in [-0.3, -0.25) is 4.57 Å². The first-order valence-corrected chi connectivity index (χ1v) is 4.62. The van der Waals surface area contributed by atoms with Crippen LogP contribution in [0.1, 0.15) is 5.82 Å². The Labute approximate surface area is 82.6 Å². The molecular weight excluding hydrogens is 178 g/mol. The first-order chi connectivity index (χ1) is 6.92. The van der Waals surface area contributed by atoms with Gasteiger partial charge in [0.15, 0.2) is 0 Å². The molecule has 2 heterocycles. The summed E-state index contributed by atoms with van der Waals surface area (Å²) in [4.78, 5) is 4.27. The van der Waals surface area contributed by atoms with E-state index in [-0.39, 0.29) is 0 Å². The van der Waals surface area contributed by atoms with E-state index in [1.54, 1.807) is 12.5 Å². The molecule has 0 fully saturated rings. The number of aromatic nitrogens is 2. The molecule has 0 saturated carbocycles. The van der Waals surface area contributed by atoms with Crippen LogP contribution in [0.25, 0.3) is 5.88 Å². The lowest BCUT2D eigenvalue weighted by Gasteiger charge is -2.03. The highest BCUT2D eigenvalue weighted by atomic mass is 16.3. The van der Waals surface area contributed by atoms with Crippen LogP contribution < -0.4 is 5.32 Å². The number of nitrogens with one attached hydrogen (secondary N) is 1. The van der Waals surface area contributed by atoms with Gasteiger partial charge in [-0.2, -0.15) is 0 Å². The predicted octanol–water partition coefficient (Wildman–Crippen LogP) is 1.23. The Balaban J connectivity index is 2.22. The van der Waals surface area contributed by atoms with E-state index in [9.17, 15) is 0 Å². The van der Waals surface area contributed by atoms with Crippen molar-refractivity contribution in [3.05, 3.63) is 36.6 Å². The SMILES string of the molecule is CNCCc1nccn1-c1ccco1. The van der Waals surface area contributed by atoms with Crippen LogP contribution in [-0.2, 0) is 6.42 Å². The van der Waals surface area contributed by atoms with Crippen molar-refractivity contribution in [3.63, 3.8) is 0 Å². The maximum atomic E-state index is 5.30. The summed E-state index contributed by atoms with van der Waals surface area (Å²) in [6.45, 7) is 0.914. The molecule has 1 N–H and O–H groups in total. The second-order valence-electron chi connectivity index (χ2n) is 3.02. The standard InChI is InChI=1S/C10H13N3O/c1-11-5-4-9-12-6-7-13(9)10-3-2-8-14-10/h2-3,6-8,11H,4-5H2,1H3. The maximum Gasteiger partial charge on any atom is 0.204 e. The predicted molar refractivity (Wildman–Crippen MR) is 53.5 cm³/mol. The van der Waals surface area contributed by atoms with Crippen LogP contribution in [0.4, 0.5) is 0 Å². The molecule has 14 heavy (non-hydrogen) atoms. The molecule has 0 unspecified atom stereocenters. The Morgan fingerprint density at radius 1 is 1.57 bits per heavy atom. The Hall–Kier alpha value is -1.55. The molecule has 0 aliphatic heterocycles. The molecule has 4 heteroatoms. The van der Waals surface area contributed by atoms with Gasteiger partial charge in [-0.25, -0.2) is 4.98 Å². The Morgan fingerprint density at radius 3 is 3.21 bits per heavy atom. The number of likely N-dealkylation sites (N-methyl/N-ethyl adjacent to an activating group) is 1. The monoisotopic (exact) mass is 191 g/mol. The summed E-state index contributed by atoms with van der Waals surface area (Å²) in [5.74, 6) is 1.82. The number of rotatable bonds is 4. The normalized spacial score (nSPS) is 10.6. The van der Waals surface area contributed by atoms with Gasteiger partial charge in [0.2, 0.25) is 5.88 Å². The van der Waals surface area contributed by atoms with Crippen molar-refractivity contribution in [1.29, 1.82) is 0 Å². The van der Waals surface area contributed by atoms with Crippen LogP contribution >= 0.6 is 0 Å². The Morgan fingerprint density at radius 2 is 2.50 bits per heavy atom. The van der Waals surface area contributed by atoms with Gasteiger partial charge < -0.3 is 9.73 Å². The summed E-state index contributed by atoms with van der Waals surface area (Å²) in [5, 5.41) is 3.09. The number of hydrogen-bond donors (Lipinski definition) is 1. The highest BCUT2D eigenvalue weighted by Crippen LogP contribution is 2.10. The molecule has 0 amide bonds. The van der Waals surface area contributed by atoms with E-state index >= 15 is 0 Å². The lowest BCUT2D eigenvalue weighted by atomic mass is 10.4. The van der Waals surface area contributed by atoms with Gasteiger partial charge in [0, 0.05) is 31.4 Å². The second-order valence-corrected chi connectivity index (χ2v) is 3.02. The molecule has 0 radical (unpaired) electrons. The van der Waals surface area contributed by atoms with Crippen LogP contribution in [0.3, 0.4) is 0 Å². The fourth-order valence-corrected chi connectivity index (χ4v) is 1.36. The summed E-state index contributed by atoms with van der Waals surface area (Å²) >= 11 is 0. The molecule has 74 valence electrons. The van der Waals surface area contributed by atoms with Gasteiger partial charge in [-0.15, -0.1) is 0 Å². The molecule has 4 nitrogen and oxygen atoms in total. The summed E-state index contributed by atoms with van der Waals surface area (Å²) in [6, 6.07) is 3.79. The third-order valence-electron chi connectivity index (χ3n) is 2.06. The molecule has 0 aliphatic carbocycles. The quantitative estimate of drug-likeness (QED) is 0.790. The fraction of sp³-hybridized carbons (Fsp3) is 0.300. The van der Waals surface area contributed by atoms with Gasteiger partial charge in [0.05, 0.1) is 6.26 Å². The van der Waals surface area contributed by atoms with E-state index < -0.39 is 0 Å². The number of furan rings is 1. The first-order valence-electron chi connectivity index (χ1n) is 4.62. The summed E-state index contributed by atoms with van der Waals surface area (Å²) in [6.07, 6.45) is 6.25. The summed E-state index contributed by atoms with van der Waals surface area (Å²) in [7, 11) is 1.93. The molecule has 2 aromatic heterocycles. The van der Waals surface area contributed by atoms with E-state index in [2.05, 4.69) is 10.3 Å². The van der Waals surface area contributed by atoms with Crippen LogP contribution in [0, 0.1) is 0 Å². The number of nitrogens with zero attached hydrogens (tertiary/aromatic N) is 2. The molecular formula is C10H13N3O. The molecule has 0 atom stereocenters. The molecule has 0 spiro atoms. The van der Waals surface area contributed by atoms with E-state index in [1.165, 1.54) is 0 Å². The summed E-state index contributed by atoms with van der Waals surface area (Å²) in [5.41, 5.74) is 0. The number of imidazole rings is 1. The molecule has 0 saturated heterocycles. The van der Waals surface area contributed by atoms with Crippen LogP contribution in [0.15, 0.2) is 35.2 Å². The van der Waals surface area contributed by atoms with Crippen molar-refractivity contribution in [1.82, 2.24) is 14.9 Å². The average molecular weight is 191 g/mol. The van der Waals surface area contributed by atoms with Crippen molar-refractivity contribution in [2.75, 3.05) is 13.6 Å². The van der Waals surface area contributed by atoms with Crippen molar-refractivity contribution in [2.45, 2.75) is 6.42 Å². The zero-order valence-electron chi connectivity index (χ0n) is 8.10. The Kier molecular flexibility index (Phi) is 2.65. The minimum atomic E-state index is 0.814. The zero-order chi connectivity index (χ0) is 9.80. The van der Waals surface area contributed by atoms with Gasteiger partial charge in [-0.05, 0) is 13.1 Å². The number of hydrogen-bond acceptors (Lipinski definition) is 3. The fourth-order valence-electron chi connectivity index (χ4n) is 1.36. The largest absolute Gasteiger partial charge is 0.448 e. The Bertz CT molecular complexity index is 378. The smallest absolute Gasteiger partial charge is 0.204 e. The van der Waals surface area contributed by atoms with Gasteiger partial charge >= 0.3 is 0 Å². The topological polar surface area (TPSA) is 43.0 Å². The minimum absolute atomic E-state index is 0.814. The molecule has 2 aromatic rings. The van der Waals surface area contributed by atoms with E-state index in [4.69, 9.17) is 4.42 Å². The van der Waals surface area contributed by atoms with Gasteiger partial charge in [-0.1, -0.05) is 0 Å².